The molecule has 15 heavy (non-hydrogen) atoms. The molecule has 1 aromatic rings. The van der Waals surface area contributed by atoms with Crippen LogP contribution in [-0.2, 0) is 6.42 Å². The molecule has 0 fully saturated rings. The second kappa shape index (κ2) is 4.44. The number of nitrogens with one attached hydrogen (secondary N) is 2. The second-order valence-corrected chi connectivity index (χ2v) is 4.09. The molecule has 84 valence electrons. The van der Waals surface area contributed by atoms with E-state index in [1.807, 2.05) is 6.92 Å². The fourth-order valence-electron chi connectivity index (χ4n) is 1.07. The van der Waals surface area contributed by atoms with Crippen LogP contribution in [0, 0.1) is 0 Å². The Balaban J connectivity index is 2.69. The van der Waals surface area contributed by atoms with Gasteiger partial charge in [0.15, 0.2) is 0 Å². The van der Waals surface area contributed by atoms with Gasteiger partial charge in [-0.15, -0.1) is 0 Å². The molecule has 1 aromatic heterocycles. The van der Waals surface area contributed by atoms with Crippen LogP contribution in [0.15, 0.2) is 6.20 Å². The number of nitrogens with zero attached hydrogens (tertiary/aromatic N) is 1. The highest BCUT2D eigenvalue weighted by molar-refractivity contribution is 5.92. The van der Waals surface area contributed by atoms with Crippen molar-refractivity contribution in [2.75, 3.05) is 6.61 Å². The molecule has 0 aliphatic carbocycles. The summed E-state index contributed by atoms with van der Waals surface area (Å²) in [7, 11) is 0. The fourth-order valence-corrected chi connectivity index (χ4v) is 1.07. The highest BCUT2D eigenvalue weighted by Gasteiger charge is 2.20. The van der Waals surface area contributed by atoms with E-state index >= 15 is 0 Å². The van der Waals surface area contributed by atoms with Gasteiger partial charge in [-0.25, -0.2) is 4.98 Å². The zero-order valence-corrected chi connectivity index (χ0v) is 9.29. The molecule has 0 aromatic carbocycles. The van der Waals surface area contributed by atoms with Gasteiger partial charge in [-0.1, -0.05) is 6.92 Å². The van der Waals surface area contributed by atoms with E-state index in [0.29, 0.717) is 5.69 Å². The van der Waals surface area contributed by atoms with Crippen LogP contribution in [0.1, 0.15) is 37.1 Å². The number of aliphatic hydroxyl groups is 1. The lowest BCUT2D eigenvalue weighted by Gasteiger charge is -2.22. The Kier molecular flexibility index (Phi) is 3.47. The molecule has 5 heteroatoms. The molecule has 0 saturated carbocycles. The van der Waals surface area contributed by atoms with Crippen molar-refractivity contribution >= 4 is 5.91 Å². The van der Waals surface area contributed by atoms with Gasteiger partial charge in [-0.2, -0.15) is 0 Å². The van der Waals surface area contributed by atoms with E-state index < -0.39 is 5.54 Å². The number of H-pyrrole nitrogens is 1. The SMILES string of the molecule is CCc1ncc(C(=O)NC(C)(C)CO)[nH]1. The first kappa shape index (κ1) is 11.7. The second-order valence-electron chi connectivity index (χ2n) is 4.09. The fraction of sp³-hybridized carbons (Fsp3) is 0.600. The molecule has 0 atom stereocenters. The summed E-state index contributed by atoms with van der Waals surface area (Å²) in [5, 5.41) is 11.7. The number of carbonyl (C=O) groups excluding carboxylic acids is 1. The first-order chi connectivity index (χ1) is 6.98. The Morgan fingerprint density at radius 2 is 2.33 bits per heavy atom. The van der Waals surface area contributed by atoms with Gasteiger partial charge < -0.3 is 15.4 Å². The Bertz CT molecular complexity index is 344. The molecule has 1 rings (SSSR count). The van der Waals surface area contributed by atoms with E-state index in [2.05, 4.69) is 15.3 Å². The Morgan fingerprint density at radius 3 is 2.80 bits per heavy atom. The van der Waals surface area contributed by atoms with Crippen molar-refractivity contribution in [3.05, 3.63) is 17.7 Å². The minimum Gasteiger partial charge on any atom is -0.394 e. The van der Waals surface area contributed by atoms with Gasteiger partial charge in [0.1, 0.15) is 11.5 Å². The molecule has 0 spiro atoms. The summed E-state index contributed by atoms with van der Waals surface area (Å²) in [5.41, 5.74) is -0.192. The van der Waals surface area contributed by atoms with Gasteiger partial charge >= 0.3 is 0 Å². The highest BCUT2D eigenvalue weighted by Crippen LogP contribution is 2.03. The van der Waals surface area contributed by atoms with Crippen LogP contribution in [0.25, 0.3) is 0 Å². The van der Waals surface area contributed by atoms with Crippen molar-refractivity contribution in [2.45, 2.75) is 32.7 Å². The number of rotatable bonds is 4. The van der Waals surface area contributed by atoms with Gasteiger partial charge in [0, 0.05) is 6.42 Å². The largest absolute Gasteiger partial charge is 0.394 e. The van der Waals surface area contributed by atoms with Crippen LogP contribution in [0.5, 0.6) is 0 Å². The normalized spacial score (nSPS) is 11.5. The molecule has 0 radical (unpaired) electrons. The lowest BCUT2D eigenvalue weighted by atomic mass is 10.1. The van der Waals surface area contributed by atoms with Crippen molar-refractivity contribution < 1.29 is 9.90 Å². The van der Waals surface area contributed by atoms with Crippen molar-refractivity contribution in [1.29, 1.82) is 0 Å². The van der Waals surface area contributed by atoms with E-state index in [4.69, 9.17) is 5.11 Å². The summed E-state index contributed by atoms with van der Waals surface area (Å²) >= 11 is 0. The molecule has 3 N–H and O–H groups in total. The first-order valence-electron chi connectivity index (χ1n) is 4.96. The van der Waals surface area contributed by atoms with Crippen LogP contribution < -0.4 is 5.32 Å². The number of imidazole rings is 1. The van der Waals surface area contributed by atoms with Crippen LogP contribution in [0.3, 0.4) is 0 Å². The van der Waals surface area contributed by atoms with Gasteiger partial charge in [0.25, 0.3) is 5.91 Å². The van der Waals surface area contributed by atoms with Crippen molar-refractivity contribution in [3.63, 3.8) is 0 Å². The summed E-state index contributed by atoms with van der Waals surface area (Å²) in [6.07, 6.45) is 2.26. The van der Waals surface area contributed by atoms with Crippen LogP contribution >= 0.6 is 0 Å². The van der Waals surface area contributed by atoms with Gasteiger partial charge in [-0.05, 0) is 13.8 Å². The van der Waals surface area contributed by atoms with Crippen molar-refractivity contribution in [2.24, 2.45) is 0 Å². The third-order valence-corrected chi connectivity index (χ3v) is 2.06. The summed E-state index contributed by atoms with van der Waals surface area (Å²) in [6.45, 7) is 5.36. The zero-order valence-electron chi connectivity index (χ0n) is 9.29. The summed E-state index contributed by atoms with van der Waals surface area (Å²) in [5.74, 6) is 0.531. The molecule has 5 nitrogen and oxygen atoms in total. The minimum absolute atomic E-state index is 0.104. The topological polar surface area (TPSA) is 78.0 Å². The van der Waals surface area contributed by atoms with E-state index in [9.17, 15) is 4.79 Å². The third-order valence-electron chi connectivity index (χ3n) is 2.06. The minimum atomic E-state index is -0.616. The smallest absolute Gasteiger partial charge is 0.269 e. The summed E-state index contributed by atoms with van der Waals surface area (Å²) < 4.78 is 0. The predicted molar refractivity (Wildman–Crippen MR) is 56.6 cm³/mol. The summed E-state index contributed by atoms with van der Waals surface area (Å²) in [6, 6.07) is 0. The first-order valence-corrected chi connectivity index (χ1v) is 4.96. The number of carbonyl (C=O) groups is 1. The quantitative estimate of drug-likeness (QED) is 0.677. The van der Waals surface area contributed by atoms with Crippen molar-refractivity contribution in [1.82, 2.24) is 15.3 Å². The molecule has 0 aliphatic rings. The van der Waals surface area contributed by atoms with Crippen molar-refractivity contribution in [3.8, 4) is 0 Å². The Morgan fingerprint density at radius 1 is 1.67 bits per heavy atom. The molecular weight excluding hydrogens is 194 g/mol. The predicted octanol–water partition coefficient (Wildman–Crippen LogP) is 0.473. The lowest BCUT2D eigenvalue weighted by molar-refractivity contribution is 0.0864. The van der Waals surface area contributed by atoms with Gasteiger partial charge in [0.05, 0.1) is 18.3 Å². The number of amides is 1. The molecule has 1 amide bonds. The third kappa shape index (κ3) is 3.06. The number of aromatic amines is 1. The average Bonchev–Trinajstić information content (AvgIpc) is 2.65. The standard InChI is InChI=1S/C10H17N3O2/c1-4-8-11-5-7(12-8)9(15)13-10(2,3)6-14/h5,14H,4,6H2,1-3H3,(H,11,12)(H,13,15). The molecular formula is C10H17N3O2. The van der Waals surface area contributed by atoms with E-state index in [1.165, 1.54) is 6.20 Å². The van der Waals surface area contributed by atoms with Crippen LogP contribution in [0.2, 0.25) is 0 Å². The molecule has 0 unspecified atom stereocenters. The number of aliphatic hydroxyl groups excluding tert-OH is 1. The van der Waals surface area contributed by atoms with Gasteiger partial charge in [-0.3, -0.25) is 4.79 Å². The molecule has 0 aliphatic heterocycles. The van der Waals surface area contributed by atoms with Gasteiger partial charge in [0.2, 0.25) is 0 Å². The molecule has 1 heterocycles. The number of hydrogen-bond donors (Lipinski definition) is 3. The number of hydrogen-bond acceptors (Lipinski definition) is 3. The highest BCUT2D eigenvalue weighted by atomic mass is 16.3. The van der Waals surface area contributed by atoms with Crippen LogP contribution in [-0.4, -0.2) is 33.1 Å². The maximum absolute atomic E-state index is 11.7. The monoisotopic (exact) mass is 211 g/mol. The number of aromatic nitrogens is 2. The van der Waals surface area contributed by atoms with E-state index in [1.54, 1.807) is 13.8 Å². The van der Waals surface area contributed by atoms with E-state index in [0.717, 1.165) is 12.2 Å². The Labute approximate surface area is 88.9 Å². The molecule has 0 saturated heterocycles. The maximum Gasteiger partial charge on any atom is 0.269 e. The van der Waals surface area contributed by atoms with Crippen LogP contribution in [0.4, 0.5) is 0 Å². The number of aryl methyl sites for hydroxylation is 1. The summed E-state index contributed by atoms with van der Waals surface area (Å²) in [4.78, 5) is 18.6. The van der Waals surface area contributed by atoms with E-state index in [-0.39, 0.29) is 12.5 Å². The zero-order chi connectivity index (χ0) is 11.5. The maximum atomic E-state index is 11.7. The Hall–Kier alpha value is -1.36. The average molecular weight is 211 g/mol. The molecule has 0 bridgehead atoms. The lowest BCUT2D eigenvalue weighted by Crippen LogP contribution is -2.46.